The maximum absolute atomic E-state index is 13.4. The van der Waals surface area contributed by atoms with Crippen LogP contribution in [0.3, 0.4) is 0 Å². The summed E-state index contributed by atoms with van der Waals surface area (Å²) in [6.45, 7) is 14.6. The Bertz CT molecular complexity index is 1560. The molecule has 5 rings (SSSR count). The standard InChI is InChI=1S/C32H39NO7SSi/c1-6-36-42(37-7-2,38-8-3)29-16-13-25(41-29)12-10-24-11-15-27(39-24)31-30(22(4)5)26-14-9-23(21-28(26)40-32(31)34)33-17-19-35-20-18-33/h9-16,21-22H,6-8,17-20H2,1-5H3/b12-10+. The van der Waals surface area contributed by atoms with Gasteiger partial charge in [-0.3, -0.25) is 0 Å². The summed E-state index contributed by atoms with van der Waals surface area (Å²) in [5.41, 5.74) is 2.61. The predicted octanol–water partition coefficient (Wildman–Crippen LogP) is 6.50. The van der Waals surface area contributed by atoms with Gasteiger partial charge in [0.1, 0.15) is 22.7 Å². The van der Waals surface area contributed by atoms with Gasteiger partial charge >= 0.3 is 14.4 Å². The third-order valence-electron chi connectivity index (χ3n) is 7.10. The molecule has 1 fully saturated rings. The Balaban J connectivity index is 1.43. The maximum atomic E-state index is 13.4. The molecule has 4 heterocycles. The van der Waals surface area contributed by atoms with Crippen molar-refractivity contribution in [3.63, 3.8) is 0 Å². The number of ether oxygens (including phenoxy) is 1. The second-order valence-corrected chi connectivity index (χ2v) is 14.2. The number of thiophene rings is 1. The van der Waals surface area contributed by atoms with Crippen LogP contribution in [0, 0.1) is 0 Å². The van der Waals surface area contributed by atoms with Crippen LogP contribution < -0.4 is 15.0 Å². The largest absolute Gasteiger partial charge is 0.547 e. The summed E-state index contributed by atoms with van der Waals surface area (Å²) < 4.78 is 36.7. The van der Waals surface area contributed by atoms with Gasteiger partial charge in [0.05, 0.1) is 17.7 Å². The van der Waals surface area contributed by atoms with E-state index in [1.165, 1.54) is 0 Å². The smallest absolute Gasteiger partial charge is 0.456 e. The molecule has 1 saturated heterocycles. The number of morpholine rings is 1. The highest BCUT2D eigenvalue weighted by Crippen LogP contribution is 2.35. The number of hydrogen-bond acceptors (Lipinski definition) is 9. The van der Waals surface area contributed by atoms with Gasteiger partial charge < -0.3 is 31.7 Å². The molecule has 0 amide bonds. The fraction of sp³-hybridized carbons (Fsp3) is 0.406. The van der Waals surface area contributed by atoms with E-state index in [-0.39, 0.29) is 5.92 Å². The number of nitrogens with zero attached hydrogens (tertiary/aromatic N) is 1. The predicted molar refractivity (Wildman–Crippen MR) is 171 cm³/mol. The van der Waals surface area contributed by atoms with Crippen LogP contribution in [0.2, 0.25) is 0 Å². The molecule has 0 atom stereocenters. The first-order valence-electron chi connectivity index (χ1n) is 14.6. The fourth-order valence-electron chi connectivity index (χ4n) is 5.32. The van der Waals surface area contributed by atoms with Crippen LogP contribution in [0.5, 0.6) is 0 Å². The van der Waals surface area contributed by atoms with Crippen LogP contribution in [-0.2, 0) is 18.0 Å². The van der Waals surface area contributed by atoms with Gasteiger partial charge in [0.25, 0.3) is 0 Å². The van der Waals surface area contributed by atoms with E-state index in [9.17, 15) is 4.79 Å². The third-order valence-corrected chi connectivity index (χ3v) is 11.8. The minimum Gasteiger partial charge on any atom is -0.456 e. The van der Waals surface area contributed by atoms with Crippen LogP contribution in [0.15, 0.2) is 56.1 Å². The van der Waals surface area contributed by atoms with Crippen molar-refractivity contribution in [1.82, 2.24) is 0 Å². The van der Waals surface area contributed by atoms with Crippen molar-refractivity contribution in [3.8, 4) is 11.3 Å². The molecule has 3 aromatic heterocycles. The van der Waals surface area contributed by atoms with Crippen molar-refractivity contribution in [2.24, 2.45) is 0 Å². The van der Waals surface area contributed by atoms with Gasteiger partial charge in [-0.1, -0.05) is 13.8 Å². The Hall–Kier alpha value is -2.99. The Kier molecular flexibility index (Phi) is 9.82. The maximum Gasteiger partial charge on any atom is 0.547 e. The van der Waals surface area contributed by atoms with Gasteiger partial charge in [0, 0.05) is 54.9 Å². The number of rotatable bonds is 12. The first kappa shape index (κ1) is 30.5. The highest BCUT2D eigenvalue weighted by atomic mass is 32.1. The Labute approximate surface area is 251 Å². The van der Waals surface area contributed by atoms with E-state index < -0.39 is 14.4 Å². The second kappa shape index (κ2) is 13.5. The summed E-state index contributed by atoms with van der Waals surface area (Å²) in [5.74, 6) is 1.22. The van der Waals surface area contributed by atoms with Gasteiger partial charge in [-0.15, -0.1) is 11.3 Å². The van der Waals surface area contributed by atoms with E-state index >= 15 is 0 Å². The molecule has 4 aromatic rings. The molecule has 10 heteroatoms. The average Bonchev–Trinajstić information content (AvgIpc) is 3.66. The SMILES string of the molecule is CCO[Si](OCC)(OCC)c1ccc(/C=C/c2ccc(-c3c(C(C)C)c4ccc(N5CCOCC5)cc4oc3=O)o2)s1. The van der Waals surface area contributed by atoms with Gasteiger partial charge in [-0.25, -0.2) is 4.79 Å². The van der Waals surface area contributed by atoms with Crippen molar-refractivity contribution in [2.75, 3.05) is 51.0 Å². The second-order valence-electron chi connectivity index (χ2n) is 10.2. The zero-order valence-electron chi connectivity index (χ0n) is 24.9. The van der Waals surface area contributed by atoms with Crippen LogP contribution >= 0.6 is 11.3 Å². The average molecular weight is 610 g/mol. The number of anilines is 1. The molecule has 0 saturated carbocycles. The molecule has 1 aliphatic rings. The number of hydrogen-bond donors (Lipinski definition) is 0. The highest BCUT2D eigenvalue weighted by molar-refractivity contribution is 7.24. The summed E-state index contributed by atoms with van der Waals surface area (Å²) in [7, 11) is -2.95. The van der Waals surface area contributed by atoms with Gasteiger partial charge in [0.15, 0.2) is 0 Å². The van der Waals surface area contributed by atoms with Crippen LogP contribution in [0.1, 0.15) is 56.7 Å². The minimum absolute atomic E-state index is 0.0833. The Morgan fingerprint density at radius 1 is 0.929 bits per heavy atom. The monoisotopic (exact) mass is 609 g/mol. The van der Waals surface area contributed by atoms with Gasteiger partial charge in [-0.2, -0.15) is 0 Å². The zero-order valence-corrected chi connectivity index (χ0v) is 26.8. The molecule has 1 aromatic carbocycles. The number of fused-ring (bicyclic) bond motifs is 1. The van der Waals surface area contributed by atoms with E-state index in [4.69, 9.17) is 26.8 Å². The van der Waals surface area contributed by atoms with Crippen LogP contribution in [0.25, 0.3) is 34.4 Å². The lowest BCUT2D eigenvalue weighted by Gasteiger charge is -2.29. The first-order chi connectivity index (χ1) is 20.4. The fourth-order valence-corrected chi connectivity index (χ4v) is 9.47. The third kappa shape index (κ3) is 6.34. The van der Waals surface area contributed by atoms with Crippen molar-refractivity contribution >= 4 is 53.5 Å². The van der Waals surface area contributed by atoms with Crippen molar-refractivity contribution in [1.29, 1.82) is 0 Å². The molecular formula is C32H39NO7SSi. The zero-order chi connectivity index (χ0) is 29.7. The normalized spacial score (nSPS) is 14.6. The molecule has 42 heavy (non-hydrogen) atoms. The lowest BCUT2D eigenvalue weighted by molar-refractivity contribution is 0.0866. The van der Waals surface area contributed by atoms with Crippen LogP contribution in [-0.4, -0.2) is 54.9 Å². The van der Waals surface area contributed by atoms with Gasteiger partial charge in [-0.05, 0) is 80.8 Å². The van der Waals surface area contributed by atoms with Gasteiger partial charge in [0.2, 0.25) is 0 Å². The quantitative estimate of drug-likeness (QED) is 0.133. The molecule has 224 valence electrons. The van der Waals surface area contributed by atoms with E-state index in [0.29, 0.717) is 55.7 Å². The summed E-state index contributed by atoms with van der Waals surface area (Å²) in [4.78, 5) is 16.7. The molecule has 1 aliphatic heterocycles. The summed E-state index contributed by atoms with van der Waals surface area (Å²) in [5, 5.41) is 0.918. The molecule has 0 bridgehead atoms. The number of benzene rings is 1. The molecule has 8 nitrogen and oxygen atoms in total. The first-order valence-corrected chi connectivity index (χ1v) is 17.2. The van der Waals surface area contributed by atoms with Crippen molar-refractivity contribution < 1.29 is 26.8 Å². The molecule has 0 radical (unpaired) electrons. The topological polar surface area (TPSA) is 83.5 Å². The summed E-state index contributed by atoms with van der Waals surface area (Å²) in [6, 6.07) is 13.9. The molecule has 0 aliphatic carbocycles. The van der Waals surface area contributed by atoms with E-state index in [1.54, 1.807) is 11.3 Å². The molecule has 0 unspecified atom stereocenters. The van der Waals surface area contributed by atoms with Crippen molar-refractivity contribution in [2.45, 2.75) is 40.5 Å². The Morgan fingerprint density at radius 3 is 2.31 bits per heavy atom. The van der Waals surface area contributed by atoms with Crippen molar-refractivity contribution in [3.05, 3.63) is 69.1 Å². The molecule has 0 N–H and O–H groups in total. The highest BCUT2D eigenvalue weighted by Gasteiger charge is 2.44. The lowest BCUT2D eigenvalue weighted by atomic mass is 9.93. The molecular weight excluding hydrogens is 571 g/mol. The van der Waals surface area contributed by atoms with Crippen LogP contribution in [0.4, 0.5) is 5.69 Å². The minimum atomic E-state index is -2.95. The van der Waals surface area contributed by atoms with E-state index in [2.05, 4.69) is 30.9 Å². The lowest BCUT2D eigenvalue weighted by Crippen LogP contribution is -2.55. The Morgan fingerprint density at radius 2 is 1.64 bits per heavy atom. The molecule has 0 spiro atoms. The number of furan rings is 1. The van der Waals surface area contributed by atoms with E-state index in [0.717, 1.165) is 39.1 Å². The summed E-state index contributed by atoms with van der Waals surface area (Å²) >= 11 is 1.59. The van der Waals surface area contributed by atoms with E-state index in [1.807, 2.05) is 63.3 Å². The summed E-state index contributed by atoms with van der Waals surface area (Å²) in [6.07, 6.45) is 3.88.